The lowest BCUT2D eigenvalue weighted by Gasteiger charge is -2.13. The zero-order valence-corrected chi connectivity index (χ0v) is 11.9. The fourth-order valence-corrected chi connectivity index (χ4v) is 2.01. The van der Waals surface area contributed by atoms with Gasteiger partial charge >= 0.3 is 0 Å². The molecule has 6 heteroatoms. The van der Waals surface area contributed by atoms with Crippen molar-refractivity contribution in [3.05, 3.63) is 34.9 Å². The van der Waals surface area contributed by atoms with Crippen molar-refractivity contribution in [3.63, 3.8) is 0 Å². The first-order valence-electron chi connectivity index (χ1n) is 6.19. The van der Waals surface area contributed by atoms with Crippen molar-refractivity contribution < 1.29 is 4.79 Å². The van der Waals surface area contributed by atoms with Crippen LogP contribution in [-0.2, 0) is 14.1 Å². The Kier molecular flexibility index (Phi) is 3.42. The molecule has 102 valence electrons. The van der Waals surface area contributed by atoms with E-state index >= 15 is 0 Å². The van der Waals surface area contributed by atoms with Crippen LogP contribution in [0.5, 0.6) is 0 Å². The zero-order chi connectivity index (χ0) is 14.2. The van der Waals surface area contributed by atoms with Gasteiger partial charge in [-0.25, -0.2) is 0 Å². The molecule has 19 heavy (non-hydrogen) atoms. The molecular weight excluding hydrogens is 242 g/mol. The number of hydrogen-bond acceptors (Lipinski definition) is 3. The number of aromatic nitrogens is 4. The number of rotatable bonds is 3. The fraction of sp³-hybridized carbons (Fsp3) is 0.462. The summed E-state index contributed by atoms with van der Waals surface area (Å²) in [4.78, 5) is 12.2. The molecule has 0 bridgehead atoms. The monoisotopic (exact) mass is 261 g/mol. The van der Waals surface area contributed by atoms with Gasteiger partial charge in [-0.2, -0.15) is 10.2 Å². The SMILES string of the molecule is Cc1c(C(=O)N[C@H](C)c2cnn(C)c2C)cnn1C. The van der Waals surface area contributed by atoms with E-state index in [2.05, 4.69) is 15.5 Å². The molecule has 2 aromatic heterocycles. The van der Waals surface area contributed by atoms with Crippen LogP contribution in [0.3, 0.4) is 0 Å². The van der Waals surface area contributed by atoms with E-state index in [1.165, 1.54) is 0 Å². The molecule has 1 N–H and O–H groups in total. The second kappa shape index (κ2) is 4.87. The average molecular weight is 261 g/mol. The van der Waals surface area contributed by atoms with Crippen molar-refractivity contribution >= 4 is 5.91 Å². The first-order chi connectivity index (χ1) is 8.91. The molecule has 0 aliphatic carbocycles. The van der Waals surface area contributed by atoms with Crippen LogP contribution in [0.4, 0.5) is 0 Å². The number of nitrogens with zero attached hydrogens (tertiary/aromatic N) is 4. The molecule has 0 radical (unpaired) electrons. The summed E-state index contributed by atoms with van der Waals surface area (Å²) in [6.45, 7) is 5.82. The van der Waals surface area contributed by atoms with E-state index in [1.54, 1.807) is 21.8 Å². The van der Waals surface area contributed by atoms with Gasteiger partial charge in [-0.3, -0.25) is 14.2 Å². The van der Waals surface area contributed by atoms with E-state index in [0.717, 1.165) is 17.0 Å². The van der Waals surface area contributed by atoms with Gasteiger partial charge in [0.25, 0.3) is 5.91 Å². The molecule has 0 aromatic carbocycles. The molecule has 0 aliphatic heterocycles. The van der Waals surface area contributed by atoms with Gasteiger partial charge in [0, 0.05) is 31.0 Å². The molecular formula is C13H19N5O. The molecule has 0 fully saturated rings. The predicted octanol–water partition coefficient (Wildman–Crippen LogP) is 1.26. The van der Waals surface area contributed by atoms with Crippen LogP contribution in [-0.4, -0.2) is 25.5 Å². The highest BCUT2D eigenvalue weighted by atomic mass is 16.1. The van der Waals surface area contributed by atoms with Crippen molar-refractivity contribution in [1.29, 1.82) is 0 Å². The van der Waals surface area contributed by atoms with E-state index in [4.69, 9.17) is 0 Å². The molecule has 0 saturated carbocycles. The summed E-state index contributed by atoms with van der Waals surface area (Å²) in [7, 11) is 3.71. The van der Waals surface area contributed by atoms with Gasteiger partial charge in [0.1, 0.15) is 0 Å². The Hall–Kier alpha value is -2.11. The van der Waals surface area contributed by atoms with E-state index in [1.807, 2.05) is 34.9 Å². The predicted molar refractivity (Wildman–Crippen MR) is 71.8 cm³/mol. The lowest BCUT2D eigenvalue weighted by molar-refractivity contribution is 0.0939. The van der Waals surface area contributed by atoms with Crippen molar-refractivity contribution in [1.82, 2.24) is 24.9 Å². The Morgan fingerprint density at radius 1 is 1.16 bits per heavy atom. The Labute approximate surface area is 112 Å². The average Bonchev–Trinajstić information content (AvgIpc) is 2.85. The second-order valence-electron chi connectivity index (χ2n) is 4.77. The maximum atomic E-state index is 12.2. The first kappa shape index (κ1) is 13.3. The van der Waals surface area contributed by atoms with Crippen molar-refractivity contribution in [2.24, 2.45) is 14.1 Å². The summed E-state index contributed by atoms with van der Waals surface area (Å²) in [5.41, 5.74) is 3.54. The summed E-state index contributed by atoms with van der Waals surface area (Å²) in [6, 6.07) is -0.0826. The summed E-state index contributed by atoms with van der Waals surface area (Å²) in [5, 5.41) is 11.2. The Morgan fingerprint density at radius 2 is 1.74 bits per heavy atom. The van der Waals surface area contributed by atoms with E-state index < -0.39 is 0 Å². The van der Waals surface area contributed by atoms with Gasteiger partial charge in [0.2, 0.25) is 0 Å². The topological polar surface area (TPSA) is 64.7 Å². The minimum atomic E-state index is -0.110. The standard InChI is InChI=1S/C13H19N5O/c1-8(11-6-14-17(4)9(11)2)16-13(19)12-7-15-18(5)10(12)3/h6-8H,1-5H3,(H,16,19)/t8-/m1/s1. The van der Waals surface area contributed by atoms with Crippen molar-refractivity contribution in [2.45, 2.75) is 26.8 Å². The van der Waals surface area contributed by atoms with Crippen LogP contribution < -0.4 is 5.32 Å². The smallest absolute Gasteiger partial charge is 0.255 e. The normalized spacial score (nSPS) is 12.5. The van der Waals surface area contributed by atoms with E-state index in [0.29, 0.717) is 5.56 Å². The van der Waals surface area contributed by atoms with Gasteiger partial charge in [0.05, 0.1) is 24.0 Å². The molecule has 2 rings (SSSR count). The van der Waals surface area contributed by atoms with Crippen molar-refractivity contribution in [2.75, 3.05) is 0 Å². The van der Waals surface area contributed by atoms with Crippen LogP contribution >= 0.6 is 0 Å². The van der Waals surface area contributed by atoms with Crippen LogP contribution in [0.1, 0.15) is 40.3 Å². The third kappa shape index (κ3) is 2.38. The zero-order valence-electron chi connectivity index (χ0n) is 11.9. The molecule has 6 nitrogen and oxygen atoms in total. The third-order valence-corrected chi connectivity index (χ3v) is 3.57. The molecule has 1 amide bonds. The summed E-state index contributed by atoms with van der Waals surface area (Å²) < 4.78 is 3.49. The highest BCUT2D eigenvalue weighted by Gasteiger charge is 2.18. The Bertz CT molecular complexity index is 611. The lowest BCUT2D eigenvalue weighted by Crippen LogP contribution is -2.27. The number of aryl methyl sites for hydroxylation is 2. The molecule has 0 aliphatic rings. The van der Waals surface area contributed by atoms with Gasteiger partial charge in [-0.05, 0) is 20.8 Å². The molecule has 2 aromatic rings. The number of amides is 1. The minimum absolute atomic E-state index is 0.0826. The minimum Gasteiger partial charge on any atom is -0.345 e. The van der Waals surface area contributed by atoms with Crippen LogP contribution in [0.15, 0.2) is 12.4 Å². The number of nitrogens with one attached hydrogen (secondary N) is 1. The number of carbonyl (C=O) groups is 1. The van der Waals surface area contributed by atoms with Crippen LogP contribution in [0.25, 0.3) is 0 Å². The van der Waals surface area contributed by atoms with Gasteiger partial charge in [-0.15, -0.1) is 0 Å². The number of carbonyl (C=O) groups excluding carboxylic acids is 1. The lowest BCUT2D eigenvalue weighted by atomic mass is 10.1. The van der Waals surface area contributed by atoms with Gasteiger partial charge in [-0.1, -0.05) is 0 Å². The van der Waals surface area contributed by atoms with Gasteiger partial charge in [0.15, 0.2) is 0 Å². The van der Waals surface area contributed by atoms with E-state index in [9.17, 15) is 4.79 Å². The summed E-state index contributed by atoms with van der Waals surface area (Å²) >= 11 is 0. The van der Waals surface area contributed by atoms with Crippen molar-refractivity contribution in [3.8, 4) is 0 Å². The Balaban J connectivity index is 2.15. The second-order valence-corrected chi connectivity index (χ2v) is 4.77. The number of hydrogen-bond donors (Lipinski definition) is 1. The van der Waals surface area contributed by atoms with E-state index in [-0.39, 0.29) is 11.9 Å². The highest BCUT2D eigenvalue weighted by molar-refractivity contribution is 5.95. The maximum absolute atomic E-state index is 12.2. The van der Waals surface area contributed by atoms with Gasteiger partial charge < -0.3 is 5.32 Å². The third-order valence-electron chi connectivity index (χ3n) is 3.57. The molecule has 0 unspecified atom stereocenters. The summed E-state index contributed by atoms with van der Waals surface area (Å²) in [6.07, 6.45) is 3.38. The first-order valence-corrected chi connectivity index (χ1v) is 6.19. The quantitative estimate of drug-likeness (QED) is 0.904. The molecule has 0 saturated heterocycles. The largest absolute Gasteiger partial charge is 0.345 e. The fourth-order valence-electron chi connectivity index (χ4n) is 2.01. The summed E-state index contributed by atoms with van der Waals surface area (Å²) in [5.74, 6) is -0.110. The Morgan fingerprint density at radius 3 is 2.21 bits per heavy atom. The molecule has 1 atom stereocenters. The van der Waals surface area contributed by atoms with Crippen LogP contribution in [0, 0.1) is 13.8 Å². The van der Waals surface area contributed by atoms with Crippen LogP contribution in [0.2, 0.25) is 0 Å². The maximum Gasteiger partial charge on any atom is 0.255 e. The molecule has 0 spiro atoms. The highest BCUT2D eigenvalue weighted by Crippen LogP contribution is 2.17. The molecule has 2 heterocycles.